The van der Waals surface area contributed by atoms with Crippen LogP contribution in [0, 0.1) is 0 Å². The molecule has 0 spiro atoms. The van der Waals surface area contributed by atoms with Crippen molar-refractivity contribution < 1.29 is 0 Å². The van der Waals surface area contributed by atoms with Crippen LogP contribution in [0.3, 0.4) is 0 Å². The second-order valence-electron chi connectivity index (χ2n) is 3.97. The number of rotatable bonds is 0. The summed E-state index contributed by atoms with van der Waals surface area (Å²) in [4.78, 5) is 10.6. The fourth-order valence-electron chi connectivity index (χ4n) is 1.93. The van der Waals surface area contributed by atoms with Gasteiger partial charge in [-0.1, -0.05) is 0 Å². The van der Waals surface area contributed by atoms with Gasteiger partial charge in [0.05, 0.1) is 12.2 Å². The first-order valence-electron chi connectivity index (χ1n) is 5.56. The molecule has 1 aromatic heterocycles. The standard InChI is InChI=1S/C7H12N2.C4H6N2/c1-3-7-8-4-2-6-9(7)5-1;1-6-3-2-5-4-6/h1-6H2;2-4H,1H3. The SMILES string of the molecule is C1CN=C2CCCN2C1.Cn1ccnc1. The Balaban J connectivity index is 0.000000124. The van der Waals surface area contributed by atoms with Crippen LogP contribution >= 0.6 is 0 Å². The Morgan fingerprint density at radius 2 is 2.13 bits per heavy atom. The molecule has 2 aliphatic rings. The highest BCUT2D eigenvalue weighted by atomic mass is 15.2. The van der Waals surface area contributed by atoms with Crippen molar-refractivity contribution in [2.24, 2.45) is 12.0 Å². The number of hydrogen-bond acceptors (Lipinski definition) is 3. The molecule has 2 aliphatic heterocycles. The summed E-state index contributed by atoms with van der Waals surface area (Å²) in [6, 6.07) is 0. The van der Waals surface area contributed by atoms with Crippen LogP contribution in [0.5, 0.6) is 0 Å². The molecular formula is C11H18N4. The molecule has 0 N–H and O–H groups in total. The van der Waals surface area contributed by atoms with Crippen molar-refractivity contribution in [1.29, 1.82) is 0 Å². The van der Waals surface area contributed by atoms with Gasteiger partial charge < -0.3 is 9.47 Å². The lowest BCUT2D eigenvalue weighted by molar-refractivity contribution is 0.427. The first-order valence-corrected chi connectivity index (χ1v) is 5.56. The molecule has 0 radical (unpaired) electrons. The van der Waals surface area contributed by atoms with Gasteiger partial charge in [0.2, 0.25) is 0 Å². The first-order chi connectivity index (χ1) is 7.36. The Bertz CT molecular complexity index is 315. The molecule has 15 heavy (non-hydrogen) atoms. The van der Waals surface area contributed by atoms with Crippen molar-refractivity contribution in [3.63, 3.8) is 0 Å². The molecule has 82 valence electrons. The number of hydrogen-bond donors (Lipinski definition) is 0. The monoisotopic (exact) mass is 206 g/mol. The highest BCUT2D eigenvalue weighted by molar-refractivity contribution is 5.84. The summed E-state index contributed by atoms with van der Waals surface area (Å²) in [6.07, 6.45) is 9.22. The van der Waals surface area contributed by atoms with Crippen LogP contribution in [0.25, 0.3) is 0 Å². The quantitative estimate of drug-likeness (QED) is 0.641. The number of fused-ring (bicyclic) bond motifs is 1. The van der Waals surface area contributed by atoms with Crippen molar-refractivity contribution in [3.05, 3.63) is 18.7 Å². The zero-order valence-electron chi connectivity index (χ0n) is 9.26. The van der Waals surface area contributed by atoms with Crippen LogP contribution in [0.15, 0.2) is 23.7 Å². The molecule has 0 bridgehead atoms. The van der Waals surface area contributed by atoms with E-state index >= 15 is 0 Å². The summed E-state index contributed by atoms with van der Waals surface area (Å²) < 4.78 is 1.89. The van der Waals surface area contributed by atoms with E-state index in [-0.39, 0.29) is 0 Å². The summed E-state index contributed by atoms with van der Waals surface area (Å²) in [5.41, 5.74) is 0. The molecule has 1 saturated heterocycles. The van der Waals surface area contributed by atoms with E-state index in [0.717, 1.165) is 6.54 Å². The Morgan fingerprint density at radius 1 is 1.27 bits per heavy atom. The molecule has 4 heteroatoms. The summed E-state index contributed by atoms with van der Waals surface area (Å²) in [7, 11) is 1.94. The van der Waals surface area contributed by atoms with Crippen LogP contribution in [0.4, 0.5) is 0 Å². The van der Waals surface area contributed by atoms with Gasteiger partial charge in [0.1, 0.15) is 0 Å². The Labute approximate surface area is 90.6 Å². The third-order valence-electron chi connectivity index (χ3n) is 2.71. The van der Waals surface area contributed by atoms with Crippen LogP contribution in [0.1, 0.15) is 19.3 Å². The Hall–Kier alpha value is -1.32. The van der Waals surface area contributed by atoms with Crippen LogP contribution in [0.2, 0.25) is 0 Å². The van der Waals surface area contributed by atoms with E-state index in [1.165, 1.54) is 38.2 Å². The summed E-state index contributed by atoms with van der Waals surface area (Å²) >= 11 is 0. The predicted molar refractivity (Wildman–Crippen MR) is 60.9 cm³/mol. The summed E-state index contributed by atoms with van der Waals surface area (Å²) in [6.45, 7) is 3.60. The van der Waals surface area contributed by atoms with E-state index < -0.39 is 0 Å². The number of imidazole rings is 1. The van der Waals surface area contributed by atoms with E-state index in [0.29, 0.717) is 0 Å². The molecule has 0 unspecified atom stereocenters. The highest BCUT2D eigenvalue weighted by Crippen LogP contribution is 2.14. The predicted octanol–water partition coefficient (Wildman–Crippen LogP) is 1.30. The zero-order chi connectivity index (χ0) is 10.5. The third-order valence-corrected chi connectivity index (χ3v) is 2.71. The lowest BCUT2D eigenvalue weighted by Gasteiger charge is -2.21. The largest absolute Gasteiger partial charge is 0.360 e. The molecule has 1 aromatic rings. The lowest BCUT2D eigenvalue weighted by atomic mass is 10.3. The topological polar surface area (TPSA) is 33.4 Å². The molecule has 0 amide bonds. The maximum Gasteiger partial charge on any atom is 0.0989 e. The van der Waals surface area contributed by atoms with Crippen molar-refractivity contribution in [2.75, 3.05) is 19.6 Å². The van der Waals surface area contributed by atoms with Crippen molar-refractivity contribution >= 4 is 5.84 Å². The minimum absolute atomic E-state index is 1.08. The van der Waals surface area contributed by atoms with Gasteiger partial charge in [0, 0.05) is 45.5 Å². The number of amidine groups is 1. The molecule has 0 atom stereocenters. The van der Waals surface area contributed by atoms with Gasteiger partial charge in [-0.05, 0) is 12.8 Å². The van der Waals surface area contributed by atoms with Crippen LogP contribution < -0.4 is 0 Å². The molecule has 1 fully saturated rings. The fraction of sp³-hybridized carbons (Fsp3) is 0.636. The van der Waals surface area contributed by atoms with Crippen molar-refractivity contribution in [2.45, 2.75) is 19.3 Å². The van der Waals surface area contributed by atoms with Crippen molar-refractivity contribution in [3.8, 4) is 0 Å². The van der Waals surface area contributed by atoms with Crippen LogP contribution in [-0.4, -0.2) is 39.9 Å². The molecule has 4 nitrogen and oxygen atoms in total. The minimum Gasteiger partial charge on any atom is -0.360 e. The highest BCUT2D eigenvalue weighted by Gasteiger charge is 2.19. The van der Waals surface area contributed by atoms with Gasteiger partial charge in [0.15, 0.2) is 0 Å². The van der Waals surface area contributed by atoms with E-state index in [4.69, 9.17) is 0 Å². The van der Waals surface area contributed by atoms with Crippen molar-refractivity contribution in [1.82, 2.24) is 14.5 Å². The van der Waals surface area contributed by atoms with Gasteiger partial charge in [-0.25, -0.2) is 4.98 Å². The molecule has 0 aliphatic carbocycles. The molecule has 0 saturated carbocycles. The smallest absolute Gasteiger partial charge is 0.0989 e. The van der Waals surface area contributed by atoms with Crippen LogP contribution in [-0.2, 0) is 7.05 Å². The normalized spacial score (nSPS) is 19.0. The lowest BCUT2D eigenvalue weighted by Crippen LogP contribution is -2.29. The average molecular weight is 206 g/mol. The summed E-state index contributed by atoms with van der Waals surface area (Å²) in [5.74, 6) is 1.38. The number of nitrogens with zero attached hydrogens (tertiary/aromatic N) is 4. The third kappa shape index (κ3) is 2.81. The zero-order valence-corrected chi connectivity index (χ0v) is 9.26. The van der Waals surface area contributed by atoms with Gasteiger partial charge in [-0.3, -0.25) is 4.99 Å². The molecular weight excluding hydrogens is 188 g/mol. The number of aliphatic imine (C=N–C) groups is 1. The second kappa shape index (κ2) is 4.96. The van der Waals surface area contributed by atoms with E-state index in [1.807, 2.05) is 17.8 Å². The number of aryl methyl sites for hydroxylation is 1. The molecule has 3 heterocycles. The maximum atomic E-state index is 4.43. The summed E-state index contributed by atoms with van der Waals surface area (Å²) in [5, 5.41) is 0. The first kappa shape index (κ1) is 10.2. The maximum absolute atomic E-state index is 4.43. The molecule has 3 rings (SSSR count). The van der Waals surface area contributed by atoms with E-state index in [1.54, 1.807) is 12.5 Å². The Kier molecular flexibility index (Phi) is 3.37. The van der Waals surface area contributed by atoms with E-state index in [9.17, 15) is 0 Å². The number of aromatic nitrogens is 2. The Morgan fingerprint density at radius 3 is 2.73 bits per heavy atom. The minimum atomic E-state index is 1.08. The average Bonchev–Trinajstić information content (AvgIpc) is 2.88. The second-order valence-corrected chi connectivity index (χ2v) is 3.97. The van der Waals surface area contributed by atoms with Gasteiger partial charge in [-0.15, -0.1) is 0 Å². The van der Waals surface area contributed by atoms with E-state index in [2.05, 4.69) is 14.9 Å². The molecule has 0 aromatic carbocycles. The van der Waals surface area contributed by atoms with Gasteiger partial charge in [0.25, 0.3) is 0 Å². The fourth-order valence-corrected chi connectivity index (χ4v) is 1.93. The van der Waals surface area contributed by atoms with Gasteiger partial charge in [-0.2, -0.15) is 0 Å². The van der Waals surface area contributed by atoms with Gasteiger partial charge >= 0.3 is 0 Å².